The molecule has 0 spiro atoms. The fraction of sp³-hybridized carbons (Fsp3) is 0.524. The highest BCUT2D eigenvalue weighted by atomic mass is 16.5. The van der Waals surface area contributed by atoms with Gasteiger partial charge >= 0.3 is 0 Å². The van der Waals surface area contributed by atoms with Crippen molar-refractivity contribution < 1.29 is 14.6 Å². The van der Waals surface area contributed by atoms with E-state index in [0.29, 0.717) is 12.5 Å². The van der Waals surface area contributed by atoms with Crippen LogP contribution >= 0.6 is 0 Å². The molecule has 1 aliphatic heterocycles. The first-order valence-electron chi connectivity index (χ1n) is 9.55. The summed E-state index contributed by atoms with van der Waals surface area (Å²) in [6.07, 6.45) is 1.70. The van der Waals surface area contributed by atoms with Gasteiger partial charge in [-0.1, -0.05) is 20.8 Å². The normalized spacial score (nSPS) is 21.3. The predicted octanol–water partition coefficient (Wildman–Crippen LogP) is 2.59. The molecule has 6 heteroatoms. The van der Waals surface area contributed by atoms with E-state index in [1.165, 1.54) is 0 Å². The average Bonchev–Trinajstić information content (AvgIpc) is 2.65. The largest absolute Gasteiger partial charge is 0.494 e. The van der Waals surface area contributed by atoms with Gasteiger partial charge in [-0.05, 0) is 42.5 Å². The van der Waals surface area contributed by atoms with E-state index in [1.807, 2.05) is 26.0 Å². The van der Waals surface area contributed by atoms with Gasteiger partial charge in [0, 0.05) is 36.4 Å². The van der Waals surface area contributed by atoms with Crippen molar-refractivity contribution in [3.05, 3.63) is 30.5 Å². The number of hydrogen-bond donors (Lipinski definition) is 2. The third-order valence-electron chi connectivity index (χ3n) is 5.18. The number of nitrogens with one attached hydrogen (secondary N) is 1. The number of aliphatic hydroxyl groups excluding tert-OH is 1. The molecule has 1 saturated heterocycles. The summed E-state index contributed by atoms with van der Waals surface area (Å²) in [6.45, 7) is 7.49. The predicted molar refractivity (Wildman–Crippen MR) is 107 cm³/mol. The Morgan fingerprint density at radius 1 is 1.33 bits per heavy atom. The summed E-state index contributed by atoms with van der Waals surface area (Å²) in [4.78, 5) is 19.1. The summed E-state index contributed by atoms with van der Waals surface area (Å²) >= 11 is 0. The molecule has 3 rings (SSSR count). The number of piperidine rings is 1. The van der Waals surface area contributed by atoms with Gasteiger partial charge in [0.2, 0.25) is 5.91 Å². The molecule has 2 N–H and O–H groups in total. The standard InChI is InChI=1S/C21H29N3O3/c1-13(2)20(25)21(26)23-15-10-14(3)11-24(12-15)17-7-8-18(27-4)19-16(17)6-5-9-22-19/h5-9,13-15,20,25H,10-12H2,1-4H3,(H,23,26)/t14-,15+,20?/m0/s1. The smallest absolute Gasteiger partial charge is 0.249 e. The van der Waals surface area contributed by atoms with Crippen LogP contribution in [0.15, 0.2) is 30.5 Å². The molecule has 1 fully saturated rings. The van der Waals surface area contributed by atoms with Crippen molar-refractivity contribution in [2.75, 3.05) is 25.1 Å². The number of anilines is 1. The minimum Gasteiger partial charge on any atom is -0.494 e. The maximum atomic E-state index is 12.3. The molecule has 6 nitrogen and oxygen atoms in total. The van der Waals surface area contributed by atoms with Crippen molar-refractivity contribution in [1.29, 1.82) is 0 Å². The Balaban J connectivity index is 1.85. The Morgan fingerprint density at radius 3 is 2.81 bits per heavy atom. The monoisotopic (exact) mass is 371 g/mol. The number of benzene rings is 1. The lowest BCUT2D eigenvalue weighted by atomic mass is 9.94. The number of aromatic nitrogens is 1. The Kier molecular flexibility index (Phi) is 5.85. The molecule has 1 aromatic heterocycles. The molecule has 2 aromatic rings. The molecular weight excluding hydrogens is 342 g/mol. The third-order valence-corrected chi connectivity index (χ3v) is 5.18. The van der Waals surface area contributed by atoms with Crippen LogP contribution in [0.25, 0.3) is 10.9 Å². The minimum atomic E-state index is -0.971. The SMILES string of the molecule is COc1ccc(N2C[C@@H](C)C[C@@H](NC(=O)C(O)C(C)C)C2)c2cccnc12. The first-order chi connectivity index (χ1) is 12.9. The number of rotatable bonds is 5. The van der Waals surface area contributed by atoms with Crippen LogP contribution in [0.5, 0.6) is 5.75 Å². The number of carbonyl (C=O) groups excluding carboxylic acids is 1. The van der Waals surface area contributed by atoms with Crippen molar-refractivity contribution in [2.24, 2.45) is 11.8 Å². The number of nitrogens with zero attached hydrogens (tertiary/aromatic N) is 2. The molecule has 3 atom stereocenters. The van der Waals surface area contributed by atoms with Crippen molar-refractivity contribution >= 4 is 22.5 Å². The van der Waals surface area contributed by atoms with Crippen LogP contribution in [-0.2, 0) is 4.79 Å². The fourth-order valence-electron chi connectivity index (χ4n) is 3.81. The van der Waals surface area contributed by atoms with Crippen LogP contribution in [0.3, 0.4) is 0 Å². The van der Waals surface area contributed by atoms with Crippen LogP contribution in [0.1, 0.15) is 27.2 Å². The zero-order chi connectivity index (χ0) is 19.6. The molecule has 2 heterocycles. The van der Waals surface area contributed by atoms with Crippen molar-refractivity contribution in [2.45, 2.75) is 39.3 Å². The highest BCUT2D eigenvalue weighted by Crippen LogP contribution is 2.34. The van der Waals surface area contributed by atoms with Gasteiger partial charge in [0.25, 0.3) is 0 Å². The maximum absolute atomic E-state index is 12.3. The van der Waals surface area contributed by atoms with E-state index in [9.17, 15) is 9.90 Å². The molecular formula is C21H29N3O3. The second-order valence-electron chi connectivity index (χ2n) is 7.83. The quantitative estimate of drug-likeness (QED) is 0.845. The fourth-order valence-corrected chi connectivity index (χ4v) is 3.81. The zero-order valence-electron chi connectivity index (χ0n) is 16.5. The number of fused-ring (bicyclic) bond motifs is 1. The van der Waals surface area contributed by atoms with Gasteiger partial charge in [-0.3, -0.25) is 9.78 Å². The molecule has 1 unspecified atom stereocenters. The van der Waals surface area contributed by atoms with E-state index in [2.05, 4.69) is 34.3 Å². The van der Waals surface area contributed by atoms with E-state index in [-0.39, 0.29) is 17.9 Å². The molecule has 0 aliphatic carbocycles. The molecule has 0 bridgehead atoms. The summed E-state index contributed by atoms with van der Waals surface area (Å²) in [6, 6.07) is 7.98. The van der Waals surface area contributed by atoms with Crippen LogP contribution in [-0.4, -0.2) is 48.3 Å². The van der Waals surface area contributed by atoms with Gasteiger partial charge in [-0.15, -0.1) is 0 Å². The number of carbonyl (C=O) groups is 1. The summed E-state index contributed by atoms with van der Waals surface area (Å²) in [5.74, 6) is 0.794. The molecule has 0 saturated carbocycles. The van der Waals surface area contributed by atoms with E-state index < -0.39 is 6.10 Å². The first-order valence-corrected chi connectivity index (χ1v) is 9.55. The number of pyridine rings is 1. The number of hydrogen-bond acceptors (Lipinski definition) is 5. The summed E-state index contributed by atoms with van der Waals surface area (Å²) in [5, 5.41) is 14.1. The van der Waals surface area contributed by atoms with Crippen molar-refractivity contribution in [1.82, 2.24) is 10.3 Å². The lowest BCUT2D eigenvalue weighted by Gasteiger charge is -2.39. The van der Waals surface area contributed by atoms with E-state index >= 15 is 0 Å². The van der Waals surface area contributed by atoms with Crippen molar-refractivity contribution in [3.63, 3.8) is 0 Å². The van der Waals surface area contributed by atoms with E-state index in [1.54, 1.807) is 13.3 Å². The Bertz CT molecular complexity index is 808. The van der Waals surface area contributed by atoms with E-state index in [4.69, 9.17) is 4.74 Å². The number of ether oxygens (including phenoxy) is 1. The van der Waals surface area contributed by atoms with E-state index in [0.717, 1.165) is 35.3 Å². The summed E-state index contributed by atoms with van der Waals surface area (Å²) < 4.78 is 5.45. The average molecular weight is 371 g/mol. The van der Waals surface area contributed by atoms with Crippen LogP contribution in [0.4, 0.5) is 5.69 Å². The second-order valence-corrected chi connectivity index (χ2v) is 7.83. The third kappa shape index (κ3) is 4.16. The van der Waals surface area contributed by atoms with Gasteiger partial charge in [-0.25, -0.2) is 0 Å². The zero-order valence-corrected chi connectivity index (χ0v) is 16.5. The minimum absolute atomic E-state index is 0.00322. The van der Waals surface area contributed by atoms with Crippen LogP contribution < -0.4 is 15.0 Å². The molecule has 1 aromatic carbocycles. The van der Waals surface area contributed by atoms with Crippen LogP contribution in [0, 0.1) is 11.8 Å². The number of aliphatic hydroxyl groups is 1. The molecule has 1 aliphatic rings. The number of methoxy groups -OCH3 is 1. The topological polar surface area (TPSA) is 74.7 Å². The first kappa shape index (κ1) is 19.4. The summed E-state index contributed by atoms with van der Waals surface area (Å²) in [7, 11) is 1.65. The molecule has 27 heavy (non-hydrogen) atoms. The van der Waals surface area contributed by atoms with Gasteiger partial charge in [0.15, 0.2) is 0 Å². The highest BCUT2D eigenvalue weighted by molar-refractivity contribution is 5.95. The lowest BCUT2D eigenvalue weighted by molar-refractivity contribution is -0.132. The van der Waals surface area contributed by atoms with Crippen molar-refractivity contribution in [3.8, 4) is 5.75 Å². The second kappa shape index (κ2) is 8.13. The highest BCUT2D eigenvalue weighted by Gasteiger charge is 2.29. The molecule has 1 amide bonds. The molecule has 146 valence electrons. The van der Waals surface area contributed by atoms with Crippen LogP contribution in [0.2, 0.25) is 0 Å². The van der Waals surface area contributed by atoms with Gasteiger partial charge < -0.3 is 20.1 Å². The Morgan fingerprint density at radius 2 is 2.11 bits per heavy atom. The number of amides is 1. The maximum Gasteiger partial charge on any atom is 0.249 e. The lowest BCUT2D eigenvalue weighted by Crippen LogP contribution is -2.53. The van der Waals surface area contributed by atoms with Gasteiger partial charge in [0.05, 0.1) is 7.11 Å². The molecule has 0 radical (unpaired) electrons. The van der Waals surface area contributed by atoms with Gasteiger partial charge in [-0.2, -0.15) is 0 Å². The Hall–Kier alpha value is -2.34. The Labute approximate surface area is 160 Å². The van der Waals surface area contributed by atoms with Gasteiger partial charge in [0.1, 0.15) is 17.4 Å². The summed E-state index contributed by atoms with van der Waals surface area (Å²) in [5.41, 5.74) is 1.93.